The molecule has 29 heavy (non-hydrogen) atoms. The molecule has 2 aromatic rings. The number of hydrogen-bond donors (Lipinski definition) is 2. The number of carbonyl (C=O) groups is 1. The number of fused-ring (bicyclic) bond motifs is 1. The van der Waals surface area contributed by atoms with Crippen molar-refractivity contribution in [3.05, 3.63) is 81.5 Å². The van der Waals surface area contributed by atoms with Crippen LogP contribution >= 0.6 is 11.6 Å². The standard InChI is InChI=1S/C24H26ClN3O/c1-17(20-10-9-19-6-2-3-7-21(19)14-20)28-24(29)22(15-26)16-27-12-11-18-5-4-8-23(25)13-18/h4-5,8-10,13-14,16-17,27H,2-3,6-7,11-12H2,1H3,(H,28,29)/b22-16-. The van der Waals surface area contributed by atoms with Gasteiger partial charge in [0.15, 0.2) is 0 Å². The Kier molecular flexibility index (Phi) is 7.32. The molecule has 150 valence electrons. The highest BCUT2D eigenvalue weighted by atomic mass is 35.5. The van der Waals surface area contributed by atoms with Crippen LogP contribution in [0.15, 0.2) is 54.2 Å². The minimum atomic E-state index is -0.368. The molecule has 5 heteroatoms. The predicted octanol–water partition coefficient (Wildman–Crippen LogP) is 4.64. The number of aryl methyl sites for hydroxylation is 2. The first-order chi connectivity index (χ1) is 14.1. The lowest BCUT2D eigenvalue weighted by molar-refractivity contribution is -0.117. The second kappa shape index (κ2) is 10.1. The monoisotopic (exact) mass is 407 g/mol. The number of carbonyl (C=O) groups excluding carboxylic acids is 1. The molecule has 0 radical (unpaired) electrons. The van der Waals surface area contributed by atoms with E-state index in [1.54, 1.807) is 0 Å². The molecule has 0 aliphatic heterocycles. The summed E-state index contributed by atoms with van der Waals surface area (Å²) in [7, 11) is 0. The Morgan fingerprint density at radius 2 is 2.00 bits per heavy atom. The molecule has 0 heterocycles. The second-order valence-corrected chi connectivity index (χ2v) is 7.87. The minimum Gasteiger partial charge on any atom is -0.389 e. The molecule has 1 aliphatic carbocycles. The minimum absolute atomic E-state index is 0.0703. The highest BCUT2D eigenvalue weighted by molar-refractivity contribution is 6.30. The van der Waals surface area contributed by atoms with Gasteiger partial charge in [-0.3, -0.25) is 4.79 Å². The van der Waals surface area contributed by atoms with E-state index in [-0.39, 0.29) is 17.5 Å². The lowest BCUT2D eigenvalue weighted by Crippen LogP contribution is -2.29. The molecule has 0 bridgehead atoms. The first-order valence-electron chi connectivity index (χ1n) is 10.1. The number of rotatable bonds is 7. The van der Waals surface area contributed by atoms with Gasteiger partial charge in [-0.15, -0.1) is 0 Å². The van der Waals surface area contributed by atoms with E-state index in [0.29, 0.717) is 11.6 Å². The van der Waals surface area contributed by atoms with E-state index in [2.05, 4.69) is 28.8 Å². The van der Waals surface area contributed by atoms with Crippen LogP contribution in [0.1, 0.15) is 48.1 Å². The van der Waals surface area contributed by atoms with Crippen LogP contribution in [0.2, 0.25) is 5.02 Å². The summed E-state index contributed by atoms with van der Waals surface area (Å²) in [4.78, 5) is 12.5. The fourth-order valence-corrected chi connectivity index (χ4v) is 3.83. The molecule has 3 rings (SSSR count). The summed E-state index contributed by atoms with van der Waals surface area (Å²) in [5.41, 5.74) is 5.04. The van der Waals surface area contributed by atoms with Crippen molar-refractivity contribution in [1.29, 1.82) is 5.26 Å². The van der Waals surface area contributed by atoms with Crippen molar-refractivity contribution >= 4 is 17.5 Å². The zero-order valence-corrected chi connectivity index (χ0v) is 17.4. The highest BCUT2D eigenvalue weighted by Crippen LogP contribution is 2.24. The third kappa shape index (κ3) is 5.85. The summed E-state index contributed by atoms with van der Waals surface area (Å²) in [5, 5.41) is 16.0. The van der Waals surface area contributed by atoms with Crippen molar-refractivity contribution in [3.8, 4) is 6.07 Å². The van der Waals surface area contributed by atoms with E-state index in [1.165, 1.54) is 30.2 Å². The molecule has 4 nitrogen and oxygen atoms in total. The maximum Gasteiger partial charge on any atom is 0.263 e. The van der Waals surface area contributed by atoms with Gasteiger partial charge < -0.3 is 10.6 Å². The molecule has 1 atom stereocenters. The Balaban J connectivity index is 1.54. The van der Waals surface area contributed by atoms with Crippen LogP contribution in [0.25, 0.3) is 0 Å². The Labute approximate surface area is 177 Å². The predicted molar refractivity (Wildman–Crippen MR) is 116 cm³/mol. The summed E-state index contributed by atoms with van der Waals surface area (Å²) < 4.78 is 0. The molecule has 0 spiro atoms. The first kappa shape index (κ1) is 21.0. The van der Waals surface area contributed by atoms with Crippen molar-refractivity contribution in [2.45, 2.75) is 45.1 Å². The molecule has 0 saturated heterocycles. The quantitative estimate of drug-likeness (QED) is 0.399. The van der Waals surface area contributed by atoms with Crippen molar-refractivity contribution in [1.82, 2.24) is 10.6 Å². The van der Waals surface area contributed by atoms with Gasteiger partial charge in [-0.1, -0.05) is 41.9 Å². The first-order valence-corrected chi connectivity index (χ1v) is 10.5. The summed E-state index contributed by atoms with van der Waals surface area (Å²) in [6.07, 6.45) is 6.95. The molecule has 1 unspecified atom stereocenters. The van der Waals surface area contributed by atoms with Gasteiger partial charge in [0, 0.05) is 17.8 Å². The zero-order valence-electron chi connectivity index (χ0n) is 16.7. The number of hydrogen-bond acceptors (Lipinski definition) is 3. The molecule has 0 aromatic heterocycles. The molecule has 1 amide bonds. The average Bonchev–Trinajstić information content (AvgIpc) is 2.73. The summed E-state index contributed by atoms with van der Waals surface area (Å²) >= 11 is 5.98. The Morgan fingerprint density at radius 1 is 1.21 bits per heavy atom. The third-order valence-corrected chi connectivity index (χ3v) is 5.51. The van der Waals surface area contributed by atoms with Crippen molar-refractivity contribution in [2.24, 2.45) is 0 Å². The van der Waals surface area contributed by atoms with Gasteiger partial charge in [-0.2, -0.15) is 5.26 Å². The molecule has 2 N–H and O–H groups in total. The second-order valence-electron chi connectivity index (χ2n) is 7.43. The van der Waals surface area contributed by atoms with Gasteiger partial charge in [0.05, 0.1) is 6.04 Å². The van der Waals surface area contributed by atoms with E-state index in [1.807, 2.05) is 37.3 Å². The smallest absolute Gasteiger partial charge is 0.263 e. The van der Waals surface area contributed by atoms with Crippen molar-refractivity contribution in [2.75, 3.05) is 6.54 Å². The van der Waals surface area contributed by atoms with Crippen LogP contribution in [0.5, 0.6) is 0 Å². The van der Waals surface area contributed by atoms with Gasteiger partial charge in [0.25, 0.3) is 5.91 Å². The van der Waals surface area contributed by atoms with Crippen LogP contribution in [0, 0.1) is 11.3 Å². The van der Waals surface area contributed by atoms with E-state index in [9.17, 15) is 10.1 Å². The molecule has 0 fully saturated rings. The van der Waals surface area contributed by atoms with Gasteiger partial charge >= 0.3 is 0 Å². The normalized spacial score (nSPS) is 14.4. The maximum absolute atomic E-state index is 12.5. The summed E-state index contributed by atoms with van der Waals surface area (Å²) in [6, 6.07) is 15.9. The summed E-state index contributed by atoms with van der Waals surface area (Å²) in [5.74, 6) is -0.368. The number of nitrogens with one attached hydrogen (secondary N) is 2. The molecule has 1 aliphatic rings. The van der Waals surface area contributed by atoms with Gasteiger partial charge in [-0.05, 0) is 73.4 Å². The molecular weight excluding hydrogens is 382 g/mol. The van der Waals surface area contributed by atoms with E-state index in [0.717, 1.165) is 30.4 Å². The topological polar surface area (TPSA) is 64.9 Å². The van der Waals surface area contributed by atoms with E-state index < -0.39 is 0 Å². The van der Waals surface area contributed by atoms with Crippen LogP contribution in [0.3, 0.4) is 0 Å². The fraction of sp³-hybridized carbons (Fsp3) is 0.333. The van der Waals surface area contributed by atoms with Crippen LogP contribution < -0.4 is 10.6 Å². The third-order valence-electron chi connectivity index (χ3n) is 5.28. The molecular formula is C24H26ClN3O. The van der Waals surface area contributed by atoms with E-state index in [4.69, 9.17) is 11.6 Å². The average molecular weight is 408 g/mol. The number of amides is 1. The van der Waals surface area contributed by atoms with Crippen LogP contribution in [-0.4, -0.2) is 12.5 Å². The number of nitrogens with zero attached hydrogens (tertiary/aromatic N) is 1. The number of nitriles is 1. The number of halogens is 1. The van der Waals surface area contributed by atoms with Gasteiger partial charge in [-0.25, -0.2) is 0 Å². The number of benzene rings is 2. The zero-order chi connectivity index (χ0) is 20.6. The highest BCUT2D eigenvalue weighted by Gasteiger charge is 2.16. The van der Waals surface area contributed by atoms with E-state index >= 15 is 0 Å². The maximum atomic E-state index is 12.5. The molecule has 2 aromatic carbocycles. The van der Waals surface area contributed by atoms with Gasteiger partial charge in [0.2, 0.25) is 0 Å². The lowest BCUT2D eigenvalue weighted by Gasteiger charge is -2.20. The lowest BCUT2D eigenvalue weighted by atomic mass is 9.89. The Hall–Kier alpha value is -2.77. The van der Waals surface area contributed by atoms with Crippen LogP contribution in [-0.2, 0) is 24.1 Å². The Morgan fingerprint density at radius 3 is 2.76 bits per heavy atom. The van der Waals surface area contributed by atoms with Crippen LogP contribution in [0.4, 0.5) is 0 Å². The largest absolute Gasteiger partial charge is 0.389 e. The van der Waals surface area contributed by atoms with Crippen molar-refractivity contribution < 1.29 is 4.79 Å². The SMILES string of the molecule is CC(NC(=O)/C(C#N)=C\NCCc1cccc(Cl)c1)c1ccc2c(c1)CCCC2. The van der Waals surface area contributed by atoms with Crippen molar-refractivity contribution in [3.63, 3.8) is 0 Å². The Bertz CT molecular complexity index is 945. The van der Waals surface area contributed by atoms with Gasteiger partial charge in [0.1, 0.15) is 11.6 Å². The summed E-state index contributed by atoms with van der Waals surface area (Å²) in [6.45, 7) is 2.56. The molecule has 0 saturated carbocycles. The fourth-order valence-electron chi connectivity index (χ4n) is 3.61.